The van der Waals surface area contributed by atoms with Crippen molar-refractivity contribution in [2.75, 3.05) is 40.4 Å². The summed E-state index contributed by atoms with van der Waals surface area (Å²) in [6, 6.07) is 11.4. The van der Waals surface area contributed by atoms with Crippen LogP contribution in [0, 0.1) is 0 Å². The first-order chi connectivity index (χ1) is 13.2. The molecule has 0 aliphatic carbocycles. The van der Waals surface area contributed by atoms with Gasteiger partial charge in [0.2, 0.25) is 0 Å². The largest absolute Gasteiger partial charge is 0.384 e. The maximum absolute atomic E-state index is 5.09. The van der Waals surface area contributed by atoms with Gasteiger partial charge < -0.3 is 9.64 Å². The highest BCUT2D eigenvalue weighted by atomic mass is 16.5. The smallest absolute Gasteiger partial charge is 0.130 e. The van der Waals surface area contributed by atoms with Crippen LogP contribution >= 0.6 is 0 Å². The van der Waals surface area contributed by atoms with Gasteiger partial charge in [0.15, 0.2) is 0 Å². The maximum Gasteiger partial charge on any atom is 0.130 e. The van der Waals surface area contributed by atoms with Crippen molar-refractivity contribution in [1.82, 2.24) is 19.8 Å². The Kier molecular flexibility index (Phi) is 7.75. The van der Waals surface area contributed by atoms with Crippen LogP contribution in [-0.4, -0.2) is 66.2 Å². The Morgan fingerprint density at radius 2 is 1.89 bits per heavy atom. The first-order valence-electron chi connectivity index (χ1n) is 10.00. The van der Waals surface area contributed by atoms with Gasteiger partial charge in [-0.1, -0.05) is 30.3 Å². The highest BCUT2D eigenvalue weighted by Gasteiger charge is 2.23. The monoisotopic (exact) mass is 368 g/mol. The predicted molar refractivity (Wildman–Crippen MR) is 109 cm³/mol. The lowest BCUT2D eigenvalue weighted by molar-refractivity contribution is 0.112. The van der Waals surface area contributed by atoms with E-state index in [0.29, 0.717) is 12.6 Å². The van der Waals surface area contributed by atoms with Crippen LogP contribution in [0.3, 0.4) is 0 Å². The minimum Gasteiger partial charge on any atom is -0.384 e. The summed E-state index contributed by atoms with van der Waals surface area (Å²) in [6.45, 7) is 5.08. The lowest BCUT2D eigenvalue weighted by Crippen LogP contribution is -2.46. The van der Waals surface area contributed by atoms with Gasteiger partial charge >= 0.3 is 0 Å². The van der Waals surface area contributed by atoms with Crippen molar-refractivity contribution >= 4 is 0 Å². The van der Waals surface area contributed by atoms with Crippen molar-refractivity contribution in [2.45, 2.75) is 38.3 Å². The quantitative estimate of drug-likeness (QED) is 0.681. The number of benzene rings is 1. The molecule has 0 radical (unpaired) electrons. The van der Waals surface area contributed by atoms with E-state index in [2.05, 4.69) is 57.1 Å². The number of rotatable bonds is 9. The van der Waals surface area contributed by atoms with E-state index < -0.39 is 0 Å². The number of piperidine rings is 1. The summed E-state index contributed by atoms with van der Waals surface area (Å²) in [5.41, 5.74) is 2.61. The molecule has 2 heterocycles. The van der Waals surface area contributed by atoms with Crippen LogP contribution in [0.1, 0.15) is 29.8 Å². The van der Waals surface area contributed by atoms with E-state index in [-0.39, 0.29) is 0 Å². The molecule has 27 heavy (non-hydrogen) atoms. The van der Waals surface area contributed by atoms with Crippen molar-refractivity contribution in [3.8, 4) is 0 Å². The molecule has 1 aromatic heterocycles. The van der Waals surface area contributed by atoms with Crippen molar-refractivity contribution in [3.05, 3.63) is 59.7 Å². The summed E-state index contributed by atoms with van der Waals surface area (Å²) < 4.78 is 5.09. The minimum atomic E-state index is 0.600. The van der Waals surface area contributed by atoms with Crippen LogP contribution in [-0.2, 0) is 24.1 Å². The highest BCUT2D eigenvalue weighted by Crippen LogP contribution is 2.17. The molecule has 5 heteroatoms. The van der Waals surface area contributed by atoms with E-state index >= 15 is 0 Å². The molecule has 1 aliphatic heterocycles. The standard InChI is InChI=1S/C22H32N4O/c1-25(17-20-15-23-22(24-16-20)11-14-27-2)21-9-6-12-26(18-21)13-10-19-7-4-3-5-8-19/h3-5,7-8,15-16,21H,6,9-14,17-18H2,1-2H3/t21-/m0/s1. The number of hydrogen-bond donors (Lipinski definition) is 0. The fraction of sp³-hybridized carbons (Fsp3) is 0.545. The molecule has 146 valence electrons. The average Bonchev–Trinajstić information content (AvgIpc) is 2.73. The Morgan fingerprint density at radius 1 is 1.11 bits per heavy atom. The molecular weight excluding hydrogens is 336 g/mol. The highest BCUT2D eigenvalue weighted by molar-refractivity contribution is 5.15. The van der Waals surface area contributed by atoms with Gasteiger partial charge in [0, 0.05) is 57.2 Å². The normalized spacial score (nSPS) is 18.1. The summed E-state index contributed by atoms with van der Waals surface area (Å²) >= 11 is 0. The van der Waals surface area contributed by atoms with E-state index in [1.165, 1.54) is 30.5 Å². The van der Waals surface area contributed by atoms with E-state index in [4.69, 9.17) is 4.74 Å². The molecule has 2 aromatic rings. The Bertz CT molecular complexity index is 662. The molecule has 0 unspecified atom stereocenters. The van der Waals surface area contributed by atoms with Crippen LogP contribution in [0.25, 0.3) is 0 Å². The Balaban J connectivity index is 1.46. The van der Waals surface area contributed by atoms with E-state index in [1.807, 2.05) is 12.4 Å². The van der Waals surface area contributed by atoms with Gasteiger partial charge in [0.05, 0.1) is 6.61 Å². The summed E-state index contributed by atoms with van der Waals surface area (Å²) in [5.74, 6) is 0.855. The topological polar surface area (TPSA) is 41.5 Å². The number of likely N-dealkylation sites (tertiary alicyclic amines) is 1. The molecular formula is C22H32N4O. The second-order valence-electron chi connectivity index (χ2n) is 7.50. The van der Waals surface area contributed by atoms with Gasteiger partial charge in [0.25, 0.3) is 0 Å². The Labute approximate surface area is 163 Å². The Morgan fingerprint density at radius 3 is 2.63 bits per heavy atom. The molecule has 1 atom stereocenters. The van der Waals surface area contributed by atoms with Gasteiger partial charge in [-0.2, -0.15) is 0 Å². The number of likely N-dealkylation sites (N-methyl/N-ethyl adjacent to an activating group) is 1. The number of nitrogens with zero attached hydrogens (tertiary/aromatic N) is 4. The molecule has 1 saturated heterocycles. The zero-order valence-electron chi connectivity index (χ0n) is 16.7. The zero-order chi connectivity index (χ0) is 18.9. The summed E-state index contributed by atoms with van der Waals surface area (Å²) in [5, 5.41) is 0. The molecule has 0 spiro atoms. The van der Waals surface area contributed by atoms with Crippen molar-refractivity contribution in [3.63, 3.8) is 0 Å². The third-order valence-electron chi connectivity index (χ3n) is 5.38. The molecule has 0 saturated carbocycles. The van der Waals surface area contributed by atoms with Crippen LogP contribution in [0.15, 0.2) is 42.7 Å². The molecule has 1 aromatic carbocycles. The molecule has 1 aliphatic rings. The van der Waals surface area contributed by atoms with Gasteiger partial charge in [-0.05, 0) is 38.4 Å². The van der Waals surface area contributed by atoms with Crippen molar-refractivity contribution in [1.29, 1.82) is 0 Å². The van der Waals surface area contributed by atoms with Crippen molar-refractivity contribution in [2.24, 2.45) is 0 Å². The zero-order valence-corrected chi connectivity index (χ0v) is 16.7. The SMILES string of the molecule is COCCc1ncc(CN(C)[C@H]2CCCN(CCc3ccccc3)C2)cn1. The number of ether oxygens (including phenoxy) is 1. The predicted octanol–water partition coefficient (Wildman–Crippen LogP) is 2.80. The van der Waals surface area contributed by atoms with Gasteiger partial charge in [-0.25, -0.2) is 9.97 Å². The molecule has 1 fully saturated rings. The lowest BCUT2D eigenvalue weighted by Gasteiger charge is -2.37. The Hall–Kier alpha value is -1.82. The first-order valence-corrected chi connectivity index (χ1v) is 10.00. The fourth-order valence-corrected chi connectivity index (χ4v) is 3.73. The molecule has 5 nitrogen and oxygen atoms in total. The van der Waals surface area contributed by atoms with Crippen LogP contribution in [0.5, 0.6) is 0 Å². The van der Waals surface area contributed by atoms with E-state index in [9.17, 15) is 0 Å². The van der Waals surface area contributed by atoms with Crippen molar-refractivity contribution < 1.29 is 4.74 Å². The third kappa shape index (κ3) is 6.38. The van der Waals surface area contributed by atoms with Crippen LogP contribution in [0.4, 0.5) is 0 Å². The van der Waals surface area contributed by atoms with Crippen LogP contribution < -0.4 is 0 Å². The maximum atomic E-state index is 5.09. The average molecular weight is 369 g/mol. The second kappa shape index (κ2) is 10.5. The van der Waals surface area contributed by atoms with Crippen LogP contribution in [0.2, 0.25) is 0 Å². The lowest BCUT2D eigenvalue weighted by atomic mass is 10.0. The summed E-state index contributed by atoms with van der Waals surface area (Å²) in [4.78, 5) is 14.0. The van der Waals surface area contributed by atoms with Gasteiger partial charge in [0.1, 0.15) is 5.82 Å². The molecule has 0 N–H and O–H groups in total. The number of aromatic nitrogens is 2. The summed E-state index contributed by atoms with van der Waals surface area (Å²) in [6.07, 6.45) is 8.37. The molecule has 0 amide bonds. The number of methoxy groups -OCH3 is 1. The van der Waals surface area contributed by atoms with E-state index in [0.717, 1.165) is 38.3 Å². The molecule has 3 rings (SSSR count). The van der Waals surface area contributed by atoms with Gasteiger partial charge in [-0.3, -0.25) is 4.90 Å². The third-order valence-corrected chi connectivity index (χ3v) is 5.38. The first kappa shape index (κ1) is 19.9. The molecule has 0 bridgehead atoms. The van der Waals surface area contributed by atoms with E-state index in [1.54, 1.807) is 7.11 Å². The fourth-order valence-electron chi connectivity index (χ4n) is 3.73. The second-order valence-corrected chi connectivity index (χ2v) is 7.50. The van der Waals surface area contributed by atoms with Gasteiger partial charge in [-0.15, -0.1) is 0 Å². The number of hydrogen-bond acceptors (Lipinski definition) is 5. The summed E-state index contributed by atoms with van der Waals surface area (Å²) in [7, 11) is 3.93. The minimum absolute atomic E-state index is 0.600.